The van der Waals surface area contributed by atoms with Gasteiger partial charge in [-0.15, -0.1) is 0 Å². The van der Waals surface area contributed by atoms with Gasteiger partial charge in [-0.05, 0) is 45.8 Å². The smallest absolute Gasteiger partial charge is 0.274 e. The molecule has 0 spiro atoms. The van der Waals surface area contributed by atoms with Crippen LogP contribution in [-0.2, 0) is 0 Å². The molecule has 0 aliphatic rings. The van der Waals surface area contributed by atoms with Crippen molar-refractivity contribution < 1.29 is 14.8 Å². The summed E-state index contributed by atoms with van der Waals surface area (Å²) in [6.07, 6.45) is 1.51. The Kier molecular flexibility index (Phi) is 5.61. The van der Waals surface area contributed by atoms with E-state index < -0.39 is 5.91 Å². The second-order valence-electron chi connectivity index (χ2n) is 4.62. The fourth-order valence-corrected chi connectivity index (χ4v) is 2.25. The molecule has 118 valence electrons. The molecule has 0 fully saturated rings. The minimum Gasteiger partial charge on any atom is -0.288 e. The topological polar surface area (TPSA) is 82.0 Å². The first kappa shape index (κ1) is 16.9. The van der Waals surface area contributed by atoms with Gasteiger partial charge in [-0.1, -0.05) is 24.3 Å². The molecule has 0 saturated heterocycles. The van der Waals surface area contributed by atoms with Crippen molar-refractivity contribution in [3.8, 4) is 0 Å². The van der Waals surface area contributed by atoms with E-state index in [1.54, 1.807) is 55.0 Å². The summed E-state index contributed by atoms with van der Waals surface area (Å²) in [4.78, 5) is 23.5. The second kappa shape index (κ2) is 7.66. The van der Waals surface area contributed by atoms with Crippen LogP contribution in [0.3, 0.4) is 0 Å². The summed E-state index contributed by atoms with van der Waals surface area (Å²) in [6, 6.07) is 13.5. The molecule has 7 heteroatoms. The summed E-state index contributed by atoms with van der Waals surface area (Å²) in [5, 5.41) is 13.9. The maximum atomic E-state index is 12.3. The molecule has 6 nitrogen and oxygen atoms in total. The number of carbonyl (C=O) groups excluding carboxylic acids is 2. The zero-order valence-corrected chi connectivity index (χ0v) is 13.8. The number of hydrazone groups is 1. The third-order valence-electron chi connectivity index (χ3n) is 3.05. The van der Waals surface area contributed by atoms with Crippen molar-refractivity contribution in [2.45, 2.75) is 0 Å². The molecular formula is C16H14BrN3O3. The number of benzene rings is 2. The Morgan fingerprint density at radius 2 is 1.83 bits per heavy atom. The van der Waals surface area contributed by atoms with Crippen molar-refractivity contribution in [2.24, 2.45) is 5.10 Å². The van der Waals surface area contributed by atoms with Crippen molar-refractivity contribution in [1.29, 1.82) is 0 Å². The van der Waals surface area contributed by atoms with Crippen LogP contribution in [0.1, 0.15) is 26.3 Å². The Bertz CT molecular complexity index is 744. The summed E-state index contributed by atoms with van der Waals surface area (Å²) in [5.74, 6) is -0.834. The quantitative estimate of drug-likeness (QED) is 0.489. The van der Waals surface area contributed by atoms with Gasteiger partial charge in [0.05, 0.1) is 11.8 Å². The first-order valence-corrected chi connectivity index (χ1v) is 7.43. The van der Waals surface area contributed by atoms with E-state index in [1.807, 2.05) is 6.07 Å². The van der Waals surface area contributed by atoms with Crippen LogP contribution in [0.15, 0.2) is 58.1 Å². The van der Waals surface area contributed by atoms with Crippen molar-refractivity contribution >= 4 is 34.0 Å². The lowest BCUT2D eigenvalue weighted by Gasteiger charge is -2.11. The van der Waals surface area contributed by atoms with Gasteiger partial charge in [-0.2, -0.15) is 5.10 Å². The Labute approximate surface area is 141 Å². The van der Waals surface area contributed by atoms with Gasteiger partial charge < -0.3 is 0 Å². The maximum Gasteiger partial charge on any atom is 0.274 e. The fourth-order valence-electron chi connectivity index (χ4n) is 1.80. The molecular weight excluding hydrogens is 362 g/mol. The van der Waals surface area contributed by atoms with E-state index in [0.29, 0.717) is 21.2 Å². The molecule has 2 rings (SSSR count). The zero-order chi connectivity index (χ0) is 16.8. The summed E-state index contributed by atoms with van der Waals surface area (Å²) < 4.78 is 0.700. The molecule has 0 aliphatic carbocycles. The van der Waals surface area contributed by atoms with Gasteiger partial charge >= 0.3 is 0 Å². The normalized spacial score (nSPS) is 10.6. The van der Waals surface area contributed by atoms with Gasteiger partial charge in [0.15, 0.2) is 0 Å². The first-order valence-electron chi connectivity index (χ1n) is 6.64. The monoisotopic (exact) mass is 375 g/mol. The molecule has 0 aromatic heterocycles. The number of halogens is 1. The highest BCUT2D eigenvalue weighted by Crippen LogP contribution is 2.17. The predicted molar refractivity (Wildman–Crippen MR) is 89.5 cm³/mol. The van der Waals surface area contributed by atoms with E-state index in [9.17, 15) is 9.59 Å². The Morgan fingerprint density at radius 1 is 1.17 bits per heavy atom. The molecule has 0 unspecified atom stereocenters. The Balaban J connectivity index is 2.09. The number of hydrogen-bond donors (Lipinski definition) is 2. The van der Waals surface area contributed by atoms with Crippen molar-refractivity contribution in [3.05, 3.63) is 69.7 Å². The van der Waals surface area contributed by atoms with E-state index >= 15 is 0 Å². The molecule has 2 amide bonds. The number of nitrogens with one attached hydrogen (secondary N) is 1. The maximum absolute atomic E-state index is 12.3. The Hall–Kier alpha value is -2.51. The SMILES string of the molecule is CN(/N=C/c1ccc(C(=O)NO)cc1)C(=O)c1ccccc1Br. The van der Waals surface area contributed by atoms with Crippen molar-refractivity contribution in [3.63, 3.8) is 0 Å². The van der Waals surface area contributed by atoms with Crippen molar-refractivity contribution in [2.75, 3.05) is 7.05 Å². The van der Waals surface area contributed by atoms with Crippen LogP contribution in [0.5, 0.6) is 0 Å². The second-order valence-corrected chi connectivity index (χ2v) is 5.47. The molecule has 0 aliphatic heterocycles. The van der Waals surface area contributed by atoms with Crippen LogP contribution in [0, 0.1) is 0 Å². The average Bonchev–Trinajstić information content (AvgIpc) is 2.59. The summed E-state index contributed by atoms with van der Waals surface area (Å²) in [5.41, 5.74) is 3.11. The zero-order valence-electron chi connectivity index (χ0n) is 12.2. The number of hydroxylamine groups is 1. The predicted octanol–water partition coefficient (Wildman–Crippen LogP) is 2.67. The van der Waals surface area contributed by atoms with Gasteiger partial charge in [-0.25, -0.2) is 10.5 Å². The number of rotatable bonds is 4. The van der Waals surface area contributed by atoms with Crippen LogP contribution >= 0.6 is 15.9 Å². The highest BCUT2D eigenvalue weighted by atomic mass is 79.9. The standard InChI is InChI=1S/C16H14BrN3O3/c1-20(16(22)13-4-2-3-5-14(13)17)18-10-11-6-8-12(9-7-11)15(21)19-23/h2-10,23H,1H3,(H,19,21)/b18-10+. The fraction of sp³-hybridized carbons (Fsp3) is 0.0625. The van der Waals surface area contributed by atoms with Gasteiger partial charge in [0, 0.05) is 17.1 Å². The van der Waals surface area contributed by atoms with Crippen LogP contribution < -0.4 is 5.48 Å². The highest BCUT2D eigenvalue weighted by Gasteiger charge is 2.13. The largest absolute Gasteiger partial charge is 0.288 e. The molecule has 0 saturated carbocycles. The van der Waals surface area contributed by atoms with Crippen LogP contribution in [0.25, 0.3) is 0 Å². The number of carbonyl (C=O) groups is 2. The molecule has 0 atom stereocenters. The third-order valence-corrected chi connectivity index (χ3v) is 3.74. The van der Waals surface area contributed by atoms with Gasteiger partial charge in [0.1, 0.15) is 0 Å². The summed E-state index contributed by atoms with van der Waals surface area (Å²) >= 11 is 3.33. The van der Waals surface area contributed by atoms with E-state index in [-0.39, 0.29) is 5.91 Å². The lowest BCUT2D eigenvalue weighted by Crippen LogP contribution is -2.21. The first-order chi connectivity index (χ1) is 11.0. The summed E-state index contributed by atoms with van der Waals surface area (Å²) in [7, 11) is 1.56. The van der Waals surface area contributed by atoms with Crippen LogP contribution in [0.4, 0.5) is 0 Å². The number of amides is 2. The molecule has 0 radical (unpaired) electrons. The highest BCUT2D eigenvalue weighted by molar-refractivity contribution is 9.10. The van der Waals surface area contributed by atoms with Crippen molar-refractivity contribution in [1.82, 2.24) is 10.5 Å². The lowest BCUT2D eigenvalue weighted by atomic mass is 10.1. The molecule has 2 aromatic carbocycles. The summed E-state index contributed by atoms with van der Waals surface area (Å²) in [6.45, 7) is 0. The minimum atomic E-state index is -0.588. The molecule has 0 heterocycles. The Morgan fingerprint density at radius 3 is 2.43 bits per heavy atom. The average molecular weight is 376 g/mol. The number of hydrogen-bond acceptors (Lipinski definition) is 4. The minimum absolute atomic E-state index is 0.245. The third kappa shape index (κ3) is 4.24. The molecule has 23 heavy (non-hydrogen) atoms. The molecule has 2 N–H and O–H groups in total. The van der Waals surface area contributed by atoms with Gasteiger partial charge in [-0.3, -0.25) is 14.8 Å². The van der Waals surface area contributed by atoms with Crippen LogP contribution in [0.2, 0.25) is 0 Å². The lowest BCUT2D eigenvalue weighted by molar-refractivity contribution is 0.0706. The van der Waals surface area contributed by atoms with Crippen LogP contribution in [-0.4, -0.2) is 35.3 Å². The van der Waals surface area contributed by atoms with E-state index in [4.69, 9.17) is 5.21 Å². The molecule has 2 aromatic rings. The van der Waals surface area contributed by atoms with Gasteiger partial charge in [0.2, 0.25) is 0 Å². The van der Waals surface area contributed by atoms with Gasteiger partial charge in [0.25, 0.3) is 11.8 Å². The van der Waals surface area contributed by atoms with E-state index in [0.717, 1.165) is 0 Å². The molecule has 0 bridgehead atoms. The van der Waals surface area contributed by atoms with E-state index in [1.165, 1.54) is 11.2 Å². The number of nitrogens with zero attached hydrogens (tertiary/aromatic N) is 2. The van der Waals surface area contributed by atoms with E-state index in [2.05, 4.69) is 21.0 Å².